The van der Waals surface area contributed by atoms with Crippen molar-refractivity contribution in [3.8, 4) is 0 Å². The fourth-order valence-corrected chi connectivity index (χ4v) is 3.70. The van der Waals surface area contributed by atoms with Crippen LogP contribution in [0.5, 0.6) is 0 Å². The molecule has 0 aliphatic heterocycles. The highest BCUT2D eigenvalue weighted by atomic mass is 16.5. The van der Waals surface area contributed by atoms with E-state index in [9.17, 15) is 14.4 Å². The Morgan fingerprint density at radius 2 is 1.68 bits per heavy atom. The minimum atomic E-state index is -0.603. The number of carbonyl (C=O) groups is 3. The minimum absolute atomic E-state index is 0.101. The van der Waals surface area contributed by atoms with Crippen LogP contribution < -0.4 is 10.8 Å². The van der Waals surface area contributed by atoms with Gasteiger partial charge in [0.15, 0.2) is 5.78 Å². The van der Waals surface area contributed by atoms with Crippen molar-refractivity contribution in [2.24, 2.45) is 29.1 Å². The van der Waals surface area contributed by atoms with Crippen LogP contribution in [0.2, 0.25) is 0 Å². The molecule has 1 aliphatic rings. The normalized spacial score (nSPS) is 18.9. The van der Waals surface area contributed by atoms with E-state index in [4.69, 9.17) is 5.21 Å². The highest BCUT2D eigenvalue weighted by Crippen LogP contribution is 2.39. The monoisotopic (exact) mass is 354 g/mol. The molecule has 1 fully saturated rings. The van der Waals surface area contributed by atoms with E-state index in [0.29, 0.717) is 6.42 Å². The first-order valence-corrected chi connectivity index (χ1v) is 9.23. The quantitative estimate of drug-likeness (QED) is 0.461. The average molecular weight is 354 g/mol. The molecule has 3 atom stereocenters. The standard InChI is InChI=1S/C19H34N2O4/c1-11(2)10-14(15(18(24)21-25)13-8-7-9-13)17(23)20-16(12(3)22)19(4,5)6/h11,13-16,25H,7-10H2,1-6H3,(H,20,23)(H,21,24)/t14?,15-,16+/m0/s1. The SMILES string of the molecule is CC(=O)[C@@H](NC(=O)C(CC(C)C)[C@@H](C(=O)NO)C1CCC1)C(C)(C)C. The van der Waals surface area contributed by atoms with Crippen molar-refractivity contribution < 1.29 is 19.6 Å². The van der Waals surface area contributed by atoms with Crippen molar-refractivity contribution in [3.63, 3.8) is 0 Å². The van der Waals surface area contributed by atoms with Crippen molar-refractivity contribution in [3.05, 3.63) is 0 Å². The van der Waals surface area contributed by atoms with Crippen LogP contribution in [-0.4, -0.2) is 28.8 Å². The summed E-state index contributed by atoms with van der Waals surface area (Å²) in [7, 11) is 0. The Morgan fingerprint density at radius 1 is 1.12 bits per heavy atom. The Hall–Kier alpha value is -1.43. The lowest BCUT2D eigenvalue weighted by Crippen LogP contribution is -2.53. The van der Waals surface area contributed by atoms with Crippen LogP contribution in [0.1, 0.15) is 67.2 Å². The van der Waals surface area contributed by atoms with Crippen LogP contribution in [0, 0.1) is 29.1 Å². The number of nitrogens with one attached hydrogen (secondary N) is 2. The first-order valence-electron chi connectivity index (χ1n) is 9.23. The number of hydrogen-bond donors (Lipinski definition) is 3. The van der Waals surface area contributed by atoms with Gasteiger partial charge in [-0.05, 0) is 43.4 Å². The molecule has 1 saturated carbocycles. The third-order valence-electron chi connectivity index (χ3n) is 5.13. The van der Waals surface area contributed by atoms with Crippen molar-refractivity contribution in [2.75, 3.05) is 0 Å². The van der Waals surface area contributed by atoms with Crippen LogP contribution in [0.4, 0.5) is 0 Å². The Kier molecular flexibility index (Phi) is 7.60. The van der Waals surface area contributed by atoms with Crippen molar-refractivity contribution >= 4 is 17.6 Å². The van der Waals surface area contributed by atoms with Gasteiger partial charge in [0.05, 0.1) is 17.9 Å². The van der Waals surface area contributed by atoms with Crippen molar-refractivity contribution in [1.29, 1.82) is 0 Å². The second-order valence-corrected chi connectivity index (χ2v) is 8.85. The Morgan fingerprint density at radius 3 is 2.00 bits per heavy atom. The van der Waals surface area contributed by atoms with Crippen LogP contribution in [0.3, 0.4) is 0 Å². The lowest BCUT2D eigenvalue weighted by Gasteiger charge is -2.38. The van der Waals surface area contributed by atoms with Gasteiger partial charge in [0.2, 0.25) is 11.8 Å². The van der Waals surface area contributed by atoms with E-state index in [-0.39, 0.29) is 23.5 Å². The largest absolute Gasteiger partial charge is 0.346 e. The average Bonchev–Trinajstić information content (AvgIpc) is 2.43. The van der Waals surface area contributed by atoms with E-state index in [1.807, 2.05) is 34.6 Å². The van der Waals surface area contributed by atoms with E-state index < -0.39 is 29.2 Å². The molecule has 6 nitrogen and oxygen atoms in total. The van der Waals surface area contributed by atoms with E-state index in [1.54, 1.807) is 5.48 Å². The molecule has 0 heterocycles. The first kappa shape index (κ1) is 21.6. The zero-order valence-corrected chi connectivity index (χ0v) is 16.4. The minimum Gasteiger partial charge on any atom is -0.346 e. The third-order valence-corrected chi connectivity index (χ3v) is 5.13. The highest BCUT2D eigenvalue weighted by Gasteiger charge is 2.43. The van der Waals surface area contributed by atoms with Gasteiger partial charge in [-0.3, -0.25) is 19.6 Å². The molecule has 1 unspecified atom stereocenters. The molecule has 25 heavy (non-hydrogen) atoms. The zero-order valence-electron chi connectivity index (χ0n) is 16.4. The van der Waals surface area contributed by atoms with Gasteiger partial charge in [0, 0.05) is 0 Å². The number of Topliss-reactive ketones (excluding diaryl/α,β-unsaturated/α-hetero) is 1. The molecule has 0 aromatic heterocycles. The van der Waals surface area contributed by atoms with Gasteiger partial charge in [0.25, 0.3) is 0 Å². The van der Waals surface area contributed by atoms with Crippen LogP contribution in [0.15, 0.2) is 0 Å². The Bertz CT molecular complexity index is 492. The van der Waals surface area contributed by atoms with Gasteiger partial charge in [-0.25, -0.2) is 5.48 Å². The van der Waals surface area contributed by atoms with E-state index >= 15 is 0 Å². The summed E-state index contributed by atoms with van der Waals surface area (Å²) in [5.74, 6) is -1.67. The van der Waals surface area contributed by atoms with Crippen LogP contribution in [0.25, 0.3) is 0 Å². The maximum Gasteiger partial charge on any atom is 0.247 e. The second-order valence-electron chi connectivity index (χ2n) is 8.85. The van der Waals surface area contributed by atoms with E-state index in [2.05, 4.69) is 5.32 Å². The number of amides is 2. The smallest absolute Gasteiger partial charge is 0.247 e. The van der Waals surface area contributed by atoms with E-state index in [1.165, 1.54) is 6.92 Å². The number of hydrogen-bond acceptors (Lipinski definition) is 4. The molecule has 0 aromatic rings. The van der Waals surface area contributed by atoms with Crippen LogP contribution in [-0.2, 0) is 14.4 Å². The van der Waals surface area contributed by atoms with Crippen molar-refractivity contribution in [1.82, 2.24) is 10.8 Å². The lowest BCUT2D eigenvalue weighted by molar-refractivity contribution is -0.145. The van der Waals surface area contributed by atoms with Gasteiger partial charge < -0.3 is 5.32 Å². The maximum absolute atomic E-state index is 13.0. The topological polar surface area (TPSA) is 95.5 Å². The summed E-state index contributed by atoms with van der Waals surface area (Å²) in [6, 6.07) is -0.603. The zero-order chi connectivity index (χ0) is 19.4. The summed E-state index contributed by atoms with van der Waals surface area (Å²) in [6.07, 6.45) is 3.34. The molecular formula is C19H34N2O4. The molecule has 0 aromatic carbocycles. The number of rotatable bonds is 8. The summed E-state index contributed by atoms with van der Waals surface area (Å²) in [6.45, 7) is 11.2. The molecule has 0 spiro atoms. The fraction of sp³-hybridized carbons (Fsp3) is 0.842. The molecule has 1 rings (SSSR count). The maximum atomic E-state index is 13.0. The van der Waals surface area contributed by atoms with E-state index in [0.717, 1.165) is 19.3 Å². The summed E-state index contributed by atoms with van der Waals surface area (Å²) < 4.78 is 0. The number of hydroxylamine groups is 1. The summed E-state index contributed by atoms with van der Waals surface area (Å²) in [4.78, 5) is 37.3. The fourth-order valence-electron chi connectivity index (χ4n) is 3.70. The molecule has 144 valence electrons. The highest BCUT2D eigenvalue weighted by molar-refractivity contribution is 5.91. The van der Waals surface area contributed by atoms with Crippen LogP contribution >= 0.6 is 0 Å². The number of carbonyl (C=O) groups excluding carboxylic acids is 3. The predicted octanol–water partition coefficient (Wildman–Crippen LogP) is 2.69. The molecule has 0 radical (unpaired) electrons. The molecule has 0 saturated heterocycles. The molecule has 3 N–H and O–H groups in total. The third kappa shape index (κ3) is 5.80. The van der Waals surface area contributed by atoms with Gasteiger partial charge >= 0.3 is 0 Å². The second kappa shape index (κ2) is 8.79. The van der Waals surface area contributed by atoms with Crippen molar-refractivity contribution in [2.45, 2.75) is 73.3 Å². The molecule has 2 amide bonds. The molecule has 6 heteroatoms. The Balaban J connectivity index is 3.08. The van der Waals surface area contributed by atoms with Gasteiger partial charge in [-0.2, -0.15) is 0 Å². The summed E-state index contributed by atoms with van der Waals surface area (Å²) >= 11 is 0. The Labute approximate surface area is 151 Å². The van der Waals surface area contributed by atoms with Gasteiger partial charge in [-0.1, -0.05) is 41.0 Å². The summed E-state index contributed by atoms with van der Waals surface area (Å²) in [5.41, 5.74) is 1.34. The predicted molar refractivity (Wildman–Crippen MR) is 95.8 cm³/mol. The summed E-state index contributed by atoms with van der Waals surface area (Å²) in [5, 5.41) is 12.0. The lowest BCUT2D eigenvalue weighted by atomic mass is 9.68. The number of ketones is 1. The van der Waals surface area contributed by atoms with Gasteiger partial charge in [-0.15, -0.1) is 0 Å². The first-order chi connectivity index (χ1) is 11.5. The van der Waals surface area contributed by atoms with Gasteiger partial charge in [0.1, 0.15) is 0 Å². The molecule has 0 bridgehead atoms. The molecular weight excluding hydrogens is 320 g/mol. The molecule has 1 aliphatic carbocycles.